The maximum absolute atomic E-state index is 14.2. The van der Waals surface area contributed by atoms with Crippen molar-refractivity contribution >= 4 is 17.3 Å². The molecule has 1 aliphatic heterocycles. The predicted molar refractivity (Wildman–Crippen MR) is 127 cm³/mol. The maximum Gasteiger partial charge on any atom is 0.269 e. The third-order valence-electron chi connectivity index (χ3n) is 8.50. The van der Waals surface area contributed by atoms with Crippen LogP contribution in [0, 0.1) is 33.3 Å². The minimum Gasteiger partial charge on any atom is -0.497 e. The number of hydrogen-bond donors (Lipinski definition) is 0. The molecule has 7 heteroatoms. The summed E-state index contributed by atoms with van der Waals surface area (Å²) < 4.78 is 5.29. The fourth-order valence-corrected chi connectivity index (χ4v) is 7.38. The van der Waals surface area contributed by atoms with Gasteiger partial charge in [0, 0.05) is 18.6 Å². The molecule has 4 bridgehead atoms. The average molecular weight is 460 g/mol. The second kappa shape index (κ2) is 7.93. The Hall–Kier alpha value is -3.22. The van der Waals surface area contributed by atoms with Gasteiger partial charge in [-0.3, -0.25) is 14.9 Å². The van der Waals surface area contributed by atoms with Gasteiger partial charge >= 0.3 is 0 Å². The van der Waals surface area contributed by atoms with Gasteiger partial charge in [0.15, 0.2) is 0 Å². The molecule has 4 aliphatic carbocycles. The summed E-state index contributed by atoms with van der Waals surface area (Å²) >= 11 is 0. The highest BCUT2D eigenvalue weighted by molar-refractivity contribution is 6.03. The first kappa shape index (κ1) is 21.3. The fraction of sp³-hybridized carbons (Fsp3) is 0.481. The van der Waals surface area contributed by atoms with Crippen molar-refractivity contribution < 1.29 is 14.5 Å². The molecule has 176 valence electrons. The number of nitro benzene ring substituents is 1. The summed E-state index contributed by atoms with van der Waals surface area (Å²) in [6.07, 6.45) is 7.21. The van der Waals surface area contributed by atoms with Crippen LogP contribution in [-0.2, 0) is 4.79 Å². The van der Waals surface area contributed by atoms with E-state index in [1.807, 2.05) is 30.3 Å². The average Bonchev–Trinajstić information content (AvgIpc) is 3.28. The van der Waals surface area contributed by atoms with Gasteiger partial charge in [-0.2, -0.15) is 5.10 Å². The highest BCUT2D eigenvalue weighted by Gasteiger charge is 2.57. The van der Waals surface area contributed by atoms with Gasteiger partial charge in [-0.15, -0.1) is 0 Å². The fourth-order valence-electron chi connectivity index (χ4n) is 7.38. The molecular formula is C27H29N3O4. The number of amides is 1. The number of carbonyl (C=O) groups excluding carboxylic acids is 1. The van der Waals surface area contributed by atoms with Crippen LogP contribution < -0.4 is 4.74 Å². The van der Waals surface area contributed by atoms with Crippen molar-refractivity contribution in [2.24, 2.45) is 28.3 Å². The van der Waals surface area contributed by atoms with E-state index in [9.17, 15) is 14.9 Å². The molecule has 7 rings (SSSR count). The quantitative estimate of drug-likeness (QED) is 0.437. The summed E-state index contributed by atoms with van der Waals surface area (Å²) in [4.78, 5) is 25.3. The van der Waals surface area contributed by atoms with Crippen LogP contribution in [0.1, 0.15) is 62.1 Å². The molecule has 7 nitrogen and oxygen atoms in total. The molecule has 2 aromatic carbocycles. The monoisotopic (exact) mass is 459 g/mol. The third kappa shape index (κ3) is 3.49. The highest BCUT2D eigenvalue weighted by atomic mass is 16.6. The number of hydrogen-bond acceptors (Lipinski definition) is 5. The van der Waals surface area contributed by atoms with Crippen LogP contribution in [-0.4, -0.2) is 28.7 Å². The van der Waals surface area contributed by atoms with E-state index in [1.54, 1.807) is 24.3 Å². The van der Waals surface area contributed by atoms with Crippen LogP contribution in [0.5, 0.6) is 5.75 Å². The molecule has 4 saturated carbocycles. The second-order valence-corrected chi connectivity index (χ2v) is 10.7. The van der Waals surface area contributed by atoms with E-state index in [1.165, 1.54) is 25.3 Å². The first-order chi connectivity index (χ1) is 16.4. The van der Waals surface area contributed by atoms with Gasteiger partial charge in [0.05, 0.1) is 29.2 Å². The Morgan fingerprint density at radius 2 is 1.71 bits per heavy atom. The Bertz CT molecular complexity index is 1140. The Morgan fingerprint density at radius 1 is 1.06 bits per heavy atom. The van der Waals surface area contributed by atoms with Gasteiger partial charge in [-0.05, 0) is 91.7 Å². The van der Waals surface area contributed by atoms with Gasteiger partial charge < -0.3 is 4.74 Å². The van der Waals surface area contributed by atoms with Gasteiger partial charge in [0.25, 0.3) is 5.69 Å². The van der Waals surface area contributed by atoms with E-state index in [0.29, 0.717) is 24.2 Å². The van der Waals surface area contributed by atoms with Crippen molar-refractivity contribution in [1.82, 2.24) is 5.01 Å². The molecule has 5 aliphatic rings. The SMILES string of the molecule is COc1ccc(C2=NN(C(=O)C34CC5CC(CC(C5)C3)C4)C(c3cccc([N+](=O)[O-])c3)C2)cc1. The number of ether oxygens (including phenoxy) is 1. The highest BCUT2D eigenvalue weighted by Crippen LogP contribution is 2.61. The van der Waals surface area contributed by atoms with Gasteiger partial charge in [-0.1, -0.05) is 12.1 Å². The zero-order valence-corrected chi connectivity index (χ0v) is 19.4. The first-order valence-corrected chi connectivity index (χ1v) is 12.2. The number of non-ortho nitro benzene ring substituents is 1. The summed E-state index contributed by atoms with van der Waals surface area (Å²) in [5.41, 5.74) is 2.25. The van der Waals surface area contributed by atoms with E-state index in [4.69, 9.17) is 9.84 Å². The minimum atomic E-state index is -0.380. The molecule has 34 heavy (non-hydrogen) atoms. The molecular weight excluding hydrogens is 430 g/mol. The molecule has 2 aromatic rings. The molecule has 0 aromatic heterocycles. The molecule has 0 N–H and O–H groups in total. The van der Waals surface area contributed by atoms with E-state index in [0.717, 1.165) is 41.9 Å². The Labute approximate surface area is 198 Å². The summed E-state index contributed by atoms with van der Waals surface area (Å²) in [6, 6.07) is 14.0. The van der Waals surface area contributed by atoms with E-state index >= 15 is 0 Å². The normalized spacial score (nSPS) is 31.4. The summed E-state index contributed by atoms with van der Waals surface area (Å²) in [7, 11) is 1.63. The topological polar surface area (TPSA) is 85.0 Å². The Balaban J connectivity index is 1.38. The lowest BCUT2D eigenvalue weighted by Gasteiger charge is -2.56. The number of benzene rings is 2. The minimum absolute atomic E-state index is 0.0394. The second-order valence-electron chi connectivity index (χ2n) is 10.7. The van der Waals surface area contributed by atoms with Crippen molar-refractivity contribution in [3.8, 4) is 5.75 Å². The zero-order chi connectivity index (χ0) is 23.4. The lowest BCUT2D eigenvalue weighted by molar-refractivity contribution is -0.385. The number of rotatable bonds is 5. The molecule has 0 saturated heterocycles. The van der Waals surface area contributed by atoms with E-state index in [2.05, 4.69) is 0 Å². The molecule has 1 amide bonds. The van der Waals surface area contributed by atoms with Crippen LogP contribution in [0.2, 0.25) is 0 Å². The van der Waals surface area contributed by atoms with Crippen LogP contribution >= 0.6 is 0 Å². The number of nitro groups is 1. The molecule has 1 unspecified atom stereocenters. The zero-order valence-electron chi connectivity index (χ0n) is 19.4. The van der Waals surface area contributed by atoms with Gasteiger partial charge in [0.1, 0.15) is 5.75 Å². The number of carbonyl (C=O) groups is 1. The summed E-state index contributed by atoms with van der Waals surface area (Å²) in [5.74, 6) is 2.84. The Morgan fingerprint density at radius 3 is 2.29 bits per heavy atom. The van der Waals surface area contributed by atoms with Crippen molar-refractivity contribution in [3.63, 3.8) is 0 Å². The molecule has 4 fully saturated rings. The summed E-state index contributed by atoms with van der Waals surface area (Å²) in [5, 5.41) is 18.0. The number of nitrogens with zero attached hydrogens (tertiary/aromatic N) is 3. The molecule has 0 radical (unpaired) electrons. The molecule has 1 heterocycles. The molecule has 0 spiro atoms. The van der Waals surface area contributed by atoms with Crippen molar-refractivity contribution in [2.75, 3.05) is 7.11 Å². The van der Waals surface area contributed by atoms with Crippen LogP contribution in [0.25, 0.3) is 0 Å². The van der Waals surface area contributed by atoms with Gasteiger partial charge in [-0.25, -0.2) is 5.01 Å². The largest absolute Gasteiger partial charge is 0.497 e. The van der Waals surface area contributed by atoms with Crippen molar-refractivity contribution in [2.45, 2.75) is 51.0 Å². The van der Waals surface area contributed by atoms with Crippen LogP contribution in [0.4, 0.5) is 5.69 Å². The number of methoxy groups -OCH3 is 1. The third-order valence-corrected chi connectivity index (χ3v) is 8.50. The van der Waals surface area contributed by atoms with Gasteiger partial charge in [0.2, 0.25) is 5.91 Å². The lowest BCUT2D eigenvalue weighted by atomic mass is 9.49. The van der Waals surface area contributed by atoms with E-state index in [-0.39, 0.29) is 28.0 Å². The summed E-state index contributed by atoms with van der Waals surface area (Å²) in [6.45, 7) is 0. The lowest BCUT2D eigenvalue weighted by Crippen LogP contribution is -2.53. The predicted octanol–water partition coefficient (Wildman–Crippen LogP) is 5.50. The van der Waals surface area contributed by atoms with Crippen molar-refractivity contribution in [1.29, 1.82) is 0 Å². The Kier molecular flexibility index (Phi) is 4.97. The first-order valence-electron chi connectivity index (χ1n) is 12.2. The van der Waals surface area contributed by atoms with Crippen molar-refractivity contribution in [3.05, 3.63) is 69.8 Å². The van der Waals surface area contributed by atoms with Crippen LogP contribution in [0.15, 0.2) is 53.6 Å². The standard InChI is InChI=1S/C27H29N3O4/c1-34-23-7-5-20(6-8-23)24-13-25(21-3-2-4-22(12-21)30(32)33)29(28-24)26(31)27-14-17-9-18(15-27)11-19(10-17)16-27/h2-8,12,17-19,25H,9-11,13-16H2,1H3. The van der Waals surface area contributed by atoms with Crippen LogP contribution in [0.3, 0.4) is 0 Å². The smallest absolute Gasteiger partial charge is 0.269 e. The van der Waals surface area contributed by atoms with E-state index < -0.39 is 0 Å². The molecule has 1 atom stereocenters. The number of hydrazone groups is 1. The maximum atomic E-state index is 14.2.